The first-order chi connectivity index (χ1) is 17.4. The van der Waals surface area contributed by atoms with Crippen LogP contribution in [-0.2, 0) is 4.79 Å². The van der Waals surface area contributed by atoms with Crippen LogP contribution >= 0.6 is 0 Å². The molecule has 0 saturated heterocycles. The number of carbonyl (C=O) groups is 2. The second-order valence-electron chi connectivity index (χ2n) is 8.93. The van der Waals surface area contributed by atoms with E-state index >= 15 is 0 Å². The van der Waals surface area contributed by atoms with E-state index in [0.717, 1.165) is 5.39 Å². The predicted molar refractivity (Wildman–Crippen MR) is 136 cm³/mol. The van der Waals surface area contributed by atoms with E-state index in [4.69, 9.17) is 9.15 Å². The maximum Gasteiger partial charge on any atom is 0.290 e. The van der Waals surface area contributed by atoms with Crippen LogP contribution in [-0.4, -0.2) is 53.8 Å². The van der Waals surface area contributed by atoms with Crippen molar-refractivity contribution < 1.29 is 23.8 Å². The summed E-state index contributed by atoms with van der Waals surface area (Å²) in [7, 11) is 3.80. The van der Waals surface area contributed by atoms with Gasteiger partial charge in [0.15, 0.2) is 11.5 Å². The lowest BCUT2D eigenvalue weighted by atomic mass is 9.95. The Balaban J connectivity index is 1.55. The monoisotopic (exact) mass is 482 g/mol. The van der Waals surface area contributed by atoms with Crippen LogP contribution in [0, 0.1) is 0 Å². The van der Waals surface area contributed by atoms with Crippen molar-refractivity contribution in [2.24, 2.45) is 0 Å². The number of carbonyl (C=O) groups excluding carboxylic acids is 2. The number of aliphatic hydroxyl groups is 1. The van der Waals surface area contributed by atoms with Crippen molar-refractivity contribution in [1.82, 2.24) is 9.80 Å². The third kappa shape index (κ3) is 4.48. The standard InChI is InChI=1S/C29H26N2O5/c1-30(2)15-16-31-26(20-10-8-13-22(17-20)35-21-11-4-3-5-12-21)25(28(33)29(31)34)27(32)24-18-19-9-6-7-14-23(19)36-24/h3-14,17-18,26,33H,15-16H2,1-2H3. The number of furan rings is 1. The number of ether oxygens (including phenoxy) is 1. The van der Waals surface area contributed by atoms with Gasteiger partial charge in [-0.1, -0.05) is 48.5 Å². The predicted octanol–water partition coefficient (Wildman–Crippen LogP) is 5.37. The van der Waals surface area contributed by atoms with Gasteiger partial charge in [-0.3, -0.25) is 9.59 Å². The van der Waals surface area contributed by atoms with Crippen molar-refractivity contribution in [3.8, 4) is 11.5 Å². The number of rotatable bonds is 8. The highest BCUT2D eigenvalue weighted by Gasteiger charge is 2.44. The summed E-state index contributed by atoms with van der Waals surface area (Å²) in [5.41, 5.74) is 1.21. The minimum absolute atomic E-state index is 0.00493. The van der Waals surface area contributed by atoms with Crippen molar-refractivity contribution >= 4 is 22.7 Å². The Morgan fingerprint density at radius 2 is 1.69 bits per heavy atom. The first-order valence-electron chi connectivity index (χ1n) is 11.7. The Labute approximate surface area is 208 Å². The third-order valence-corrected chi connectivity index (χ3v) is 6.14. The van der Waals surface area contributed by atoms with E-state index in [-0.39, 0.29) is 11.3 Å². The normalized spacial score (nSPS) is 15.8. The Morgan fingerprint density at radius 3 is 2.44 bits per heavy atom. The number of ketones is 1. The Bertz CT molecular complexity index is 1420. The zero-order chi connectivity index (χ0) is 25.2. The molecule has 0 radical (unpaired) electrons. The number of benzene rings is 3. The second-order valence-corrected chi connectivity index (χ2v) is 8.93. The Hall–Kier alpha value is -4.36. The van der Waals surface area contributed by atoms with Crippen molar-refractivity contribution in [2.45, 2.75) is 6.04 Å². The fourth-order valence-electron chi connectivity index (χ4n) is 4.37. The summed E-state index contributed by atoms with van der Waals surface area (Å²) in [4.78, 5) is 30.3. The van der Waals surface area contributed by atoms with Crippen LogP contribution in [0.4, 0.5) is 0 Å². The number of hydrogen-bond donors (Lipinski definition) is 1. The van der Waals surface area contributed by atoms with Gasteiger partial charge in [0.25, 0.3) is 5.91 Å². The highest BCUT2D eigenvalue weighted by Crippen LogP contribution is 2.40. The zero-order valence-electron chi connectivity index (χ0n) is 20.0. The lowest BCUT2D eigenvalue weighted by molar-refractivity contribution is -0.129. The second kappa shape index (κ2) is 9.71. The molecule has 5 rings (SSSR count). The van der Waals surface area contributed by atoms with Gasteiger partial charge in [-0.2, -0.15) is 0 Å². The molecule has 0 bridgehead atoms. The van der Waals surface area contributed by atoms with Crippen LogP contribution in [0.15, 0.2) is 101 Å². The van der Waals surface area contributed by atoms with Crippen molar-refractivity contribution in [2.75, 3.05) is 27.2 Å². The van der Waals surface area contributed by atoms with Crippen LogP contribution < -0.4 is 4.74 Å². The summed E-state index contributed by atoms with van der Waals surface area (Å²) >= 11 is 0. The maximum atomic E-state index is 13.7. The van der Waals surface area contributed by atoms with E-state index in [1.165, 1.54) is 4.90 Å². The van der Waals surface area contributed by atoms with E-state index < -0.39 is 23.5 Å². The molecular formula is C29H26N2O5. The minimum atomic E-state index is -0.794. The number of para-hydroxylation sites is 2. The molecule has 7 nitrogen and oxygen atoms in total. The minimum Gasteiger partial charge on any atom is -0.503 e. The topological polar surface area (TPSA) is 83.2 Å². The zero-order valence-corrected chi connectivity index (χ0v) is 20.0. The molecule has 7 heteroatoms. The largest absolute Gasteiger partial charge is 0.503 e. The first-order valence-corrected chi connectivity index (χ1v) is 11.7. The van der Waals surface area contributed by atoms with Crippen molar-refractivity contribution in [3.63, 3.8) is 0 Å². The number of Topliss-reactive ketones (excluding diaryl/α,β-unsaturated/α-hetero) is 1. The molecule has 0 saturated carbocycles. The van der Waals surface area contributed by atoms with Gasteiger partial charge in [0, 0.05) is 18.5 Å². The van der Waals surface area contributed by atoms with Gasteiger partial charge in [-0.15, -0.1) is 0 Å². The van der Waals surface area contributed by atoms with Crippen molar-refractivity contribution in [1.29, 1.82) is 0 Å². The molecule has 1 N–H and O–H groups in total. The average molecular weight is 483 g/mol. The molecule has 1 aliphatic heterocycles. The smallest absolute Gasteiger partial charge is 0.290 e. The summed E-state index contributed by atoms with van der Waals surface area (Å²) in [6, 6.07) is 24.7. The van der Waals surface area contributed by atoms with E-state index in [9.17, 15) is 14.7 Å². The molecule has 1 aromatic heterocycles. The molecule has 1 unspecified atom stereocenters. The highest BCUT2D eigenvalue weighted by atomic mass is 16.5. The molecule has 1 aliphatic rings. The number of aliphatic hydroxyl groups excluding tert-OH is 1. The van der Waals surface area contributed by atoms with E-state index in [1.807, 2.05) is 79.7 Å². The number of nitrogens with zero attached hydrogens (tertiary/aromatic N) is 2. The summed E-state index contributed by atoms with van der Waals surface area (Å²) in [6.07, 6.45) is 0. The van der Waals surface area contributed by atoms with Crippen LogP contribution in [0.5, 0.6) is 11.5 Å². The summed E-state index contributed by atoms with van der Waals surface area (Å²) in [6.45, 7) is 0.878. The highest BCUT2D eigenvalue weighted by molar-refractivity contribution is 6.16. The molecule has 1 amide bonds. The summed E-state index contributed by atoms with van der Waals surface area (Å²) in [5.74, 6) is -0.376. The summed E-state index contributed by atoms with van der Waals surface area (Å²) < 4.78 is 11.8. The molecule has 182 valence electrons. The number of amides is 1. The van der Waals surface area contributed by atoms with Gasteiger partial charge in [0.05, 0.1) is 11.6 Å². The molecule has 1 atom stereocenters. The lowest BCUT2D eigenvalue weighted by Crippen LogP contribution is -2.36. The molecule has 0 aliphatic carbocycles. The van der Waals surface area contributed by atoms with Gasteiger partial charge in [0.1, 0.15) is 17.1 Å². The van der Waals surface area contributed by atoms with E-state index in [0.29, 0.717) is 35.7 Å². The fraction of sp³-hybridized carbons (Fsp3) is 0.172. The van der Waals surface area contributed by atoms with E-state index in [2.05, 4.69) is 0 Å². The average Bonchev–Trinajstić information content (AvgIpc) is 3.42. The van der Waals surface area contributed by atoms with Gasteiger partial charge in [0.2, 0.25) is 5.78 Å². The van der Waals surface area contributed by atoms with Gasteiger partial charge < -0.3 is 24.1 Å². The molecular weight excluding hydrogens is 456 g/mol. The SMILES string of the molecule is CN(C)CCN1C(=O)C(O)=C(C(=O)c2cc3ccccc3o2)C1c1cccc(Oc2ccccc2)c1. The number of likely N-dealkylation sites (N-methyl/N-ethyl adjacent to an activating group) is 1. The third-order valence-electron chi connectivity index (χ3n) is 6.14. The lowest BCUT2D eigenvalue weighted by Gasteiger charge is -2.28. The number of fused-ring (bicyclic) bond motifs is 1. The van der Waals surface area contributed by atoms with Crippen LogP contribution in [0.2, 0.25) is 0 Å². The summed E-state index contributed by atoms with van der Waals surface area (Å²) in [5, 5.41) is 11.7. The maximum absolute atomic E-state index is 13.7. The molecule has 36 heavy (non-hydrogen) atoms. The number of hydrogen-bond acceptors (Lipinski definition) is 6. The molecule has 0 spiro atoms. The molecule has 3 aromatic carbocycles. The van der Waals surface area contributed by atoms with Crippen LogP contribution in [0.25, 0.3) is 11.0 Å². The van der Waals surface area contributed by atoms with Gasteiger partial charge in [-0.25, -0.2) is 0 Å². The molecule has 0 fully saturated rings. The molecule has 2 heterocycles. The van der Waals surface area contributed by atoms with E-state index in [1.54, 1.807) is 24.3 Å². The Kier molecular flexibility index (Phi) is 6.31. The molecule has 4 aromatic rings. The first kappa shape index (κ1) is 23.4. The van der Waals surface area contributed by atoms with Gasteiger partial charge in [-0.05, 0) is 56.1 Å². The van der Waals surface area contributed by atoms with Crippen LogP contribution in [0.1, 0.15) is 22.2 Å². The fourth-order valence-corrected chi connectivity index (χ4v) is 4.37. The van der Waals surface area contributed by atoms with Crippen molar-refractivity contribution in [3.05, 3.63) is 108 Å². The van der Waals surface area contributed by atoms with Crippen LogP contribution in [0.3, 0.4) is 0 Å². The quantitative estimate of drug-likeness (QED) is 0.340. The Morgan fingerprint density at radius 1 is 0.972 bits per heavy atom. The van der Waals surface area contributed by atoms with Gasteiger partial charge >= 0.3 is 0 Å².